The van der Waals surface area contributed by atoms with E-state index in [1.165, 1.54) is 18.2 Å². The van der Waals surface area contributed by atoms with Crippen LogP contribution in [0, 0.1) is 5.82 Å². The fraction of sp³-hybridized carbons (Fsp3) is 0. The van der Waals surface area contributed by atoms with Crippen LogP contribution in [0.2, 0.25) is 0 Å². The van der Waals surface area contributed by atoms with Crippen LogP contribution in [-0.2, 0) is 10.1 Å². The molecule has 0 spiro atoms. The van der Waals surface area contributed by atoms with Gasteiger partial charge in [-0.25, -0.2) is 4.39 Å². The van der Waals surface area contributed by atoms with Crippen LogP contribution in [0.5, 0.6) is 5.75 Å². The molecule has 0 aromatic heterocycles. The fourth-order valence-electron chi connectivity index (χ4n) is 1.32. The van der Waals surface area contributed by atoms with Gasteiger partial charge >= 0.3 is 10.1 Å². The molecular formula is C12H8BrFO3S. The zero-order valence-corrected chi connectivity index (χ0v) is 11.4. The molecule has 0 fully saturated rings. The molecule has 0 unspecified atom stereocenters. The van der Waals surface area contributed by atoms with E-state index in [2.05, 4.69) is 15.9 Å². The van der Waals surface area contributed by atoms with Crippen molar-refractivity contribution >= 4 is 26.0 Å². The van der Waals surface area contributed by atoms with Gasteiger partial charge in [-0.2, -0.15) is 8.42 Å². The summed E-state index contributed by atoms with van der Waals surface area (Å²) < 4.78 is 42.6. The second-order valence-corrected chi connectivity index (χ2v) is 5.77. The van der Waals surface area contributed by atoms with Gasteiger partial charge in [0.2, 0.25) is 0 Å². The van der Waals surface area contributed by atoms with Gasteiger partial charge in [-0.3, -0.25) is 0 Å². The van der Waals surface area contributed by atoms with Crippen molar-refractivity contribution in [2.24, 2.45) is 0 Å². The Labute approximate surface area is 112 Å². The molecular weight excluding hydrogens is 323 g/mol. The van der Waals surface area contributed by atoms with Crippen LogP contribution in [0.3, 0.4) is 0 Å². The van der Waals surface area contributed by atoms with Gasteiger partial charge in [-0.05, 0) is 40.2 Å². The van der Waals surface area contributed by atoms with Gasteiger partial charge < -0.3 is 4.18 Å². The molecule has 0 aliphatic carbocycles. The average molecular weight is 331 g/mol. The first kappa shape index (κ1) is 13.0. The zero-order chi connectivity index (χ0) is 13.2. The second kappa shape index (κ2) is 5.07. The number of hydrogen-bond acceptors (Lipinski definition) is 3. The van der Waals surface area contributed by atoms with Gasteiger partial charge in [0.25, 0.3) is 0 Å². The smallest absolute Gasteiger partial charge is 0.342 e. The summed E-state index contributed by atoms with van der Waals surface area (Å²) in [6, 6.07) is 11.5. The van der Waals surface area contributed by atoms with Gasteiger partial charge in [0.1, 0.15) is 10.7 Å². The predicted octanol–water partition coefficient (Wildman–Crippen LogP) is 3.36. The lowest BCUT2D eigenvalue weighted by atomic mass is 10.3. The molecule has 0 radical (unpaired) electrons. The highest BCUT2D eigenvalue weighted by molar-refractivity contribution is 9.10. The van der Waals surface area contributed by atoms with Crippen LogP contribution in [0.1, 0.15) is 0 Å². The Hall–Kier alpha value is -1.40. The molecule has 0 aliphatic rings. The van der Waals surface area contributed by atoms with E-state index in [0.29, 0.717) is 4.47 Å². The summed E-state index contributed by atoms with van der Waals surface area (Å²) in [5.41, 5.74) is 0. The minimum Gasteiger partial charge on any atom is -0.378 e. The van der Waals surface area contributed by atoms with E-state index >= 15 is 0 Å². The number of benzene rings is 2. The van der Waals surface area contributed by atoms with E-state index < -0.39 is 20.8 Å². The molecule has 94 valence electrons. The van der Waals surface area contributed by atoms with E-state index in [1.807, 2.05) is 0 Å². The first-order valence-electron chi connectivity index (χ1n) is 4.94. The van der Waals surface area contributed by atoms with Gasteiger partial charge in [-0.1, -0.05) is 24.3 Å². The molecule has 0 amide bonds. The molecule has 0 bridgehead atoms. The maximum Gasteiger partial charge on any atom is 0.342 e. The summed E-state index contributed by atoms with van der Waals surface area (Å²) in [7, 11) is -4.17. The summed E-state index contributed by atoms with van der Waals surface area (Å²) in [5.74, 6) is -0.731. The lowest BCUT2D eigenvalue weighted by Crippen LogP contribution is -2.11. The van der Waals surface area contributed by atoms with Gasteiger partial charge in [0.05, 0.1) is 4.47 Å². The molecule has 0 N–H and O–H groups in total. The number of para-hydroxylation sites is 1. The quantitative estimate of drug-likeness (QED) is 0.810. The van der Waals surface area contributed by atoms with E-state index in [9.17, 15) is 12.8 Å². The summed E-state index contributed by atoms with van der Waals surface area (Å²) >= 11 is 3.16. The first-order chi connectivity index (χ1) is 8.50. The van der Waals surface area contributed by atoms with Crippen LogP contribution in [0.25, 0.3) is 0 Å². The fourth-order valence-corrected chi connectivity index (χ4v) is 2.82. The first-order valence-corrected chi connectivity index (χ1v) is 7.14. The summed E-state index contributed by atoms with van der Waals surface area (Å²) in [5, 5.41) is 0. The van der Waals surface area contributed by atoms with Crippen LogP contribution in [0.15, 0.2) is 57.9 Å². The maximum atomic E-state index is 13.4. The molecule has 0 atom stereocenters. The van der Waals surface area contributed by atoms with Crippen molar-refractivity contribution in [3.05, 3.63) is 58.8 Å². The molecule has 0 saturated heterocycles. The lowest BCUT2D eigenvalue weighted by molar-refractivity contribution is 0.475. The number of rotatable bonds is 3. The maximum absolute atomic E-state index is 13.4. The standard InChI is InChI=1S/C12H8BrFO3S/c13-9-5-1-3-7-11(9)17-18(15,16)12-8-4-2-6-10(12)14/h1-8H. The Bertz CT molecular complexity index is 671. The van der Waals surface area contributed by atoms with Crippen molar-refractivity contribution in [2.75, 3.05) is 0 Å². The highest BCUT2D eigenvalue weighted by Gasteiger charge is 2.21. The van der Waals surface area contributed by atoms with E-state index in [4.69, 9.17) is 4.18 Å². The zero-order valence-electron chi connectivity index (χ0n) is 9.01. The topological polar surface area (TPSA) is 43.4 Å². The van der Waals surface area contributed by atoms with E-state index in [-0.39, 0.29) is 5.75 Å². The summed E-state index contributed by atoms with van der Waals surface area (Å²) in [6.07, 6.45) is 0. The highest BCUT2D eigenvalue weighted by Crippen LogP contribution is 2.27. The molecule has 0 saturated carbocycles. The van der Waals surface area contributed by atoms with Crippen LogP contribution < -0.4 is 4.18 Å². The van der Waals surface area contributed by atoms with Crippen molar-refractivity contribution < 1.29 is 17.0 Å². The largest absolute Gasteiger partial charge is 0.378 e. The third kappa shape index (κ3) is 2.70. The van der Waals surface area contributed by atoms with Crippen molar-refractivity contribution in [1.82, 2.24) is 0 Å². The van der Waals surface area contributed by atoms with Crippen molar-refractivity contribution in [3.63, 3.8) is 0 Å². The van der Waals surface area contributed by atoms with Crippen molar-refractivity contribution in [2.45, 2.75) is 4.90 Å². The SMILES string of the molecule is O=S(=O)(Oc1ccccc1Br)c1ccccc1F. The summed E-state index contributed by atoms with van der Waals surface area (Å²) in [6.45, 7) is 0. The molecule has 2 aromatic rings. The Balaban J connectivity index is 2.40. The van der Waals surface area contributed by atoms with E-state index in [0.717, 1.165) is 12.1 Å². The normalized spacial score (nSPS) is 11.2. The minimum absolute atomic E-state index is 0.112. The Morgan fingerprint density at radius 1 is 1.00 bits per heavy atom. The van der Waals surface area contributed by atoms with E-state index in [1.54, 1.807) is 18.2 Å². The third-order valence-electron chi connectivity index (χ3n) is 2.14. The minimum atomic E-state index is -4.17. The highest BCUT2D eigenvalue weighted by atomic mass is 79.9. The van der Waals surface area contributed by atoms with Crippen LogP contribution in [-0.4, -0.2) is 8.42 Å². The molecule has 6 heteroatoms. The molecule has 2 rings (SSSR count). The molecule has 2 aromatic carbocycles. The van der Waals surface area contributed by atoms with Crippen LogP contribution >= 0.6 is 15.9 Å². The molecule has 3 nitrogen and oxygen atoms in total. The average Bonchev–Trinajstić information content (AvgIpc) is 2.32. The second-order valence-electron chi connectivity index (χ2n) is 3.40. The predicted molar refractivity (Wildman–Crippen MR) is 68.4 cm³/mol. The number of halogens is 2. The Kier molecular flexibility index (Phi) is 3.68. The lowest BCUT2D eigenvalue weighted by Gasteiger charge is -2.08. The Morgan fingerprint density at radius 2 is 1.61 bits per heavy atom. The van der Waals surface area contributed by atoms with Crippen molar-refractivity contribution in [3.8, 4) is 5.75 Å². The molecule has 0 heterocycles. The number of hydrogen-bond donors (Lipinski definition) is 0. The third-order valence-corrected chi connectivity index (χ3v) is 4.07. The molecule has 18 heavy (non-hydrogen) atoms. The monoisotopic (exact) mass is 330 g/mol. The van der Waals surface area contributed by atoms with Gasteiger partial charge in [0.15, 0.2) is 5.75 Å². The van der Waals surface area contributed by atoms with Crippen LogP contribution in [0.4, 0.5) is 4.39 Å². The summed E-state index contributed by atoms with van der Waals surface area (Å²) in [4.78, 5) is -0.485. The molecule has 0 aliphatic heterocycles. The van der Waals surface area contributed by atoms with Crippen molar-refractivity contribution in [1.29, 1.82) is 0 Å². The van der Waals surface area contributed by atoms with Gasteiger partial charge in [0, 0.05) is 0 Å². The Morgan fingerprint density at radius 3 is 2.28 bits per heavy atom. The van der Waals surface area contributed by atoms with Gasteiger partial charge in [-0.15, -0.1) is 0 Å².